The highest BCUT2D eigenvalue weighted by atomic mass is 32.1. The van der Waals surface area contributed by atoms with Gasteiger partial charge in [-0.1, -0.05) is 30.3 Å². The number of nitrogens with zero attached hydrogens (tertiary/aromatic N) is 3. The molecule has 2 aromatic carbocycles. The molecule has 31 heavy (non-hydrogen) atoms. The maximum absolute atomic E-state index is 12.3. The number of benzene rings is 2. The summed E-state index contributed by atoms with van der Waals surface area (Å²) in [4.78, 5) is 21.2. The molecule has 4 rings (SSSR count). The van der Waals surface area contributed by atoms with Gasteiger partial charge < -0.3 is 14.0 Å². The fraction of sp³-hybridized carbons (Fsp3) is 0.208. The van der Waals surface area contributed by atoms with Gasteiger partial charge in [-0.15, -0.1) is 11.3 Å². The lowest BCUT2D eigenvalue weighted by Gasteiger charge is -2.08. The highest BCUT2D eigenvalue weighted by Gasteiger charge is 2.12. The smallest absolute Gasteiger partial charge is 0.312 e. The molecule has 0 amide bonds. The van der Waals surface area contributed by atoms with Crippen LogP contribution in [0.25, 0.3) is 10.6 Å². The molecule has 2 heterocycles. The van der Waals surface area contributed by atoms with Gasteiger partial charge in [0.2, 0.25) is 0 Å². The van der Waals surface area contributed by atoms with Crippen LogP contribution in [-0.2, 0) is 29.1 Å². The van der Waals surface area contributed by atoms with Crippen molar-refractivity contribution in [3.63, 3.8) is 0 Å². The van der Waals surface area contributed by atoms with E-state index in [1.54, 1.807) is 6.20 Å². The van der Waals surface area contributed by atoms with Crippen LogP contribution in [0.15, 0.2) is 72.4 Å². The molecule has 0 atom stereocenters. The van der Waals surface area contributed by atoms with Gasteiger partial charge in [-0.3, -0.25) is 4.79 Å². The van der Waals surface area contributed by atoms with Crippen LogP contribution in [0.3, 0.4) is 0 Å². The van der Waals surface area contributed by atoms with Gasteiger partial charge in [-0.05, 0) is 36.8 Å². The molecule has 7 heteroatoms. The summed E-state index contributed by atoms with van der Waals surface area (Å²) in [6, 6.07) is 17.9. The minimum atomic E-state index is -0.321. The summed E-state index contributed by atoms with van der Waals surface area (Å²) in [7, 11) is 0. The van der Waals surface area contributed by atoms with E-state index >= 15 is 0 Å². The first-order valence-corrected chi connectivity index (χ1v) is 11.0. The fourth-order valence-corrected chi connectivity index (χ4v) is 3.96. The quantitative estimate of drug-likeness (QED) is 0.357. The standard InChI is InChI=1S/C24H23N3O3S/c1-2-29-21-10-8-19(9-11-21)24-26-20(17-31-24)14-23(28)30-16-22-25-12-13-27(22)15-18-6-4-3-5-7-18/h3-13,17H,2,14-16H2,1H3. The van der Waals surface area contributed by atoms with E-state index in [0.29, 0.717) is 24.7 Å². The Hall–Kier alpha value is -3.45. The molecule has 0 spiro atoms. The molecule has 0 aliphatic heterocycles. The summed E-state index contributed by atoms with van der Waals surface area (Å²) in [5.74, 6) is 1.22. The van der Waals surface area contributed by atoms with Gasteiger partial charge in [0.25, 0.3) is 0 Å². The summed E-state index contributed by atoms with van der Waals surface area (Å²) >= 11 is 1.51. The van der Waals surface area contributed by atoms with Crippen molar-refractivity contribution in [2.75, 3.05) is 6.61 Å². The van der Waals surface area contributed by atoms with E-state index in [9.17, 15) is 4.79 Å². The van der Waals surface area contributed by atoms with Crippen LogP contribution in [0.4, 0.5) is 0 Å². The van der Waals surface area contributed by atoms with Gasteiger partial charge in [0.1, 0.15) is 23.2 Å². The van der Waals surface area contributed by atoms with E-state index in [-0.39, 0.29) is 19.0 Å². The topological polar surface area (TPSA) is 66.2 Å². The first-order chi connectivity index (χ1) is 15.2. The van der Waals surface area contributed by atoms with Crippen molar-refractivity contribution in [2.24, 2.45) is 0 Å². The third-order valence-corrected chi connectivity index (χ3v) is 5.59. The van der Waals surface area contributed by atoms with Gasteiger partial charge in [-0.2, -0.15) is 0 Å². The highest BCUT2D eigenvalue weighted by Crippen LogP contribution is 2.26. The van der Waals surface area contributed by atoms with Crippen LogP contribution in [0.2, 0.25) is 0 Å². The molecule has 2 aromatic heterocycles. The number of carbonyl (C=O) groups is 1. The van der Waals surface area contributed by atoms with E-state index in [1.807, 2.05) is 65.5 Å². The largest absolute Gasteiger partial charge is 0.494 e. The second kappa shape index (κ2) is 10.0. The average molecular weight is 434 g/mol. The Labute approximate surface area is 185 Å². The Kier molecular flexibility index (Phi) is 6.74. The number of imidazole rings is 1. The molecule has 0 radical (unpaired) electrons. The molecule has 6 nitrogen and oxygen atoms in total. The molecule has 0 saturated heterocycles. The monoisotopic (exact) mass is 433 g/mol. The number of carbonyl (C=O) groups excluding carboxylic acids is 1. The van der Waals surface area contributed by atoms with E-state index < -0.39 is 0 Å². The van der Waals surface area contributed by atoms with Crippen LogP contribution in [0.5, 0.6) is 5.75 Å². The molecule has 0 saturated carbocycles. The maximum atomic E-state index is 12.3. The predicted octanol–water partition coefficient (Wildman–Crippen LogP) is 4.74. The third kappa shape index (κ3) is 5.58. The van der Waals surface area contributed by atoms with E-state index in [0.717, 1.165) is 21.9 Å². The van der Waals surface area contributed by atoms with Gasteiger partial charge in [0.15, 0.2) is 0 Å². The fourth-order valence-electron chi connectivity index (χ4n) is 3.13. The Morgan fingerprint density at radius 2 is 1.90 bits per heavy atom. The Morgan fingerprint density at radius 3 is 2.68 bits per heavy atom. The van der Waals surface area contributed by atoms with Crippen molar-refractivity contribution in [1.29, 1.82) is 0 Å². The summed E-state index contributed by atoms with van der Waals surface area (Å²) in [6.07, 6.45) is 3.74. The van der Waals surface area contributed by atoms with Gasteiger partial charge in [0, 0.05) is 29.9 Å². The minimum Gasteiger partial charge on any atom is -0.494 e. The van der Waals surface area contributed by atoms with Crippen molar-refractivity contribution in [3.8, 4) is 16.3 Å². The van der Waals surface area contributed by atoms with Crippen LogP contribution in [0, 0.1) is 0 Å². The van der Waals surface area contributed by atoms with Gasteiger partial charge in [-0.25, -0.2) is 9.97 Å². The van der Waals surface area contributed by atoms with E-state index in [1.165, 1.54) is 11.3 Å². The van der Waals surface area contributed by atoms with Gasteiger partial charge >= 0.3 is 5.97 Å². The molecule has 158 valence electrons. The first kappa shape index (κ1) is 20.8. The number of rotatable bonds is 9. The van der Waals surface area contributed by atoms with Crippen LogP contribution in [-0.4, -0.2) is 27.1 Å². The zero-order valence-electron chi connectivity index (χ0n) is 17.2. The SMILES string of the molecule is CCOc1ccc(-c2nc(CC(=O)OCc3nccn3Cc3ccccc3)cs2)cc1. The van der Waals surface area contributed by atoms with Crippen molar-refractivity contribution >= 4 is 17.3 Å². The Bertz CT molecular complexity index is 1120. The zero-order chi connectivity index (χ0) is 21.5. The molecule has 0 unspecified atom stereocenters. The number of thiazole rings is 1. The summed E-state index contributed by atoms with van der Waals surface area (Å²) in [5, 5.41) is 2.76. The first-order valence-electron chi connectivity index (χ1n) is 10.1. The Balaban J connectivity index is 1.31. The molecular weight excluding hydrogens is 410 g/mol. The van der Waals surface area contributed by atoms with Crippen molar-refractivity contribution in [3.05, 3.63) is 89.5 Å². The Morgan fingerprint density at radius 1 is 1.10 bits per heavy atom. The molecule has 0 aliphatic rings. The number of aromatic nitrogens is 3. The number of ether oxygens (including phenoxy) is 2. The van der Waals surface area contributed by atoms with Crippen molar-refractivity contribution in [1.82, 2.24) is 14.5 Å². The average Bonchev–Trinajstić information content (AvgIpc) is 3.43. The van der Waals surface area contributed by atoms with E-state index in [4.69, 9.17) is 9.47 Å². The summed E-state index contributed by atoms with van der Waals surface area (Å²) in [6.45, 7) is 3.41. The van der Waals surface area contributed by atoms with E-state index in [2.05, 4.69) is 22.1 Å². The maximum Gasteiger partial charge on any atom is 0.312 e. The molecule has 4 aromatic rings. The molecule has 0 fully saturated rings. The van der Waals surface area contributed by atoms with Crippen LogP contribution in [0.1, 0.15) is 24.0 Å². The molecular formula is C24H23N3O3S. The second-order valence-electron chi connectivity index (χ2n) is 6.90. The normalized spacial score (nSPS) is 10.7. The van der Waals surface area contributed by atoms with Crippen LogP contribution < -0.4 is 4.74 Å². The number of hydrogen-bond acceptors (Lipinski definition) is 6. The number of esters is 1. The van der Waals surface area contributed by atoms with Gasteiger partial charge in [0.05, 0.1) is 18.7 Å². The third-order valence-electron chi connectivity index (χ3n) is 4.65. The minimum absolute atomic E-state index is 0.132. The van der Waals surface area contributed by atoms with Crippen LogP contribution >= 0.6 is 11.3 Å². The lowest BCUT2D eigenvalue weighted by atomic mass is 10.2. The van der Waals surface area contributed by atoms with Crippen molar-refractivity contribution < 1.29 is 14.3 Å². The molecule has 0 N–H and O–H groups in total. The predicted molar refractivity (Wildman–Crippen MR) is 120 cm³/mol. The van der Waals surface area contributed by atoms with Crippen molar-refractivity contribution in [2.45, 2.75) is 26.5 Å². The zero-order valence-corrected chi connectivity index (χ0v) is 18.0. The molecule has 0 bridgehead atoms. The molecule has 0 aliphatic carbocycles. The number of hydrogen-bond donors (Lipinski definition) is 0. The lowest BCUT2D eigenvalue weighted by molar-refractivity contribution is -0.144. The lowest BCUT2D eigenvalue weighted by Crippen LogP contribution is -2.12. The summed E-state index contributed by atoms with van der Waals surface area (Å²) in [5.41, 5.74) is 2.86. The summed E-state index contributed by atoms with van der Waals surface area (Å²) < 4.78 is 12.9. The second-order valence-corrected chi connectivity index (χ2v) is 7.75. The highest BCUT2D eigenvalue weighted by molar-refractivity contribution is 7.13.